The van der Waals surface area contributed by atoms with E-state index >= 15 is 0 Å². The second kappa shape index (κ2) is 4.93. The fourth-order valence-corrected chi connectivity index (χ4v) is 1.67. The van der Waals surface area contributed by atoms with E-state index in [1.54, 1.807) is 24.0 Å². The Balaban J connectivity index is 2.20. The number of aromatic nitrogens is 2. The van der Waals surface area contributed by atoms with E-state index in [1.165, 1.54) is 0 Å². The molecule has 2 rings (SSSR count). The Kier molecular flexibility index (Phi) is 3.35. The second-order valence-corrected chi connectivity index (χ2v) is 3.94. The van der Waals surface area contributed by atoms with Crippen molar-refractivity contribution in [3.05, 3.63) is 53.3 Å². The van der Waals surface area contributed by atoms with Crippen LogP contribution in [0.3, 0.4) is 0 Å². The molecule has 4 nitrogen and oxygen atoms in total. The van der Waals surface area contributed by atoms with Gasteiger partial charge in [-0.05, 0) is 24.6 Å². The minimum Gasteiger partial charge on any atom is -0.330 e. The van der Waals surface area contributed by atoms with Crippen LogP contribution in [0.5, 0.6) is 0 Å². The van der Waals surface area contributed by atoms with Gasteiger partial charge in [0.2, 0.25) is 5.78 Å². The minimum atomic E-state index is -0.0510. The van der Waals surface area contributed by atoms with E-state index in [2.05, 4.69) is 5.10 Å². The molecule has 1 heterocycles. The third-order valence-electron chi connectivity index (χ3n) is 2.60. The average molecular weight is 229 g/mol. The lowest BCUT2D eigenvalue weighted by Gasteiger charge is -2.01. The molecule has 1 aromatic heterocycles. The Morgan fingerprint density at radius 1 is 1.29 bits per heavy atom. The Morgan fingerprint density at radius 2 is 2.00 bits per heavy atom. The topological polar surface area (TPSA) is 60.9 Å². The summed E-state index contributed by atoms with van der Waals surface area (Å²) in [5.41, 5.74) is 7.74. The van der Waals surface area contributed by atoms with Gasteiger partial charge < -0.3 is 5.73 Å². The van der Waals surface area contributed by atoms with Crippen LogP contribution in [0.15, 0.2) is 36.5 Å². The highest BCUT2D eigenvalue weighted by Crippen LogP contribution is 2.09. The number of nitrogens with zero attached hydrogens (tertiary/aromatic N) is 2. The smallest absolute Gasteiger partial charge is 0.213 e. The Bertz CT molecular complexity index is 514. The van der Waals surface area contributed by atoms with Crippen molar-refractivity contribution in [1.29, 1.82) is 0 Å². The largest absolute Gasteiger partial charge is 0.330 e. The van der Waals surface area contributed by atoms with Gasteiger partial charge in [-0.2, -0.15) is 5.10 Å². The SMILES string of the molecule is Cn1ccc(C(=O)c2ccc(CCN)cc2)n1. The van der Waals surface area contributed by atoms with Gasteiger partial charge in [-0.1, -0.05) is 24.3 Å². The molecule has 0 bridgehead atoms. The Labute approximate surface area is 100 Å². The molecule has 0 atom stereocenters. The molecular formula is C13H15N3O. The summed E-state index contributed by atoms with van der Waals surface area (Å²) in [5.74, 6) is -0.0510. The van der Waals surface area contributed by atoms with Crippen molar-refractivity contribution in [3.8, 4) is 0 Å². The predicted octanol–water partition coefficient (Wildman–Crippen LogP) is 1.15. The first-order chi connectivity index (χ1) is 8.20. The van der Waals surface area contributed by atoms with Crippen LogP contribution in [-0.4, -0.2) is 22.1 Å². The van der Waals surface area contributed by atoms with E-state index in [9.17, 15) is 4.79 Å². The molecule has 0 aliphatic rings. The minimum absolute atomic E-state index is 0.0510. The van der Waals surface area contributed by atoms with Gasteiger partial charge in [0.05, 0.1) is 0 Å². The van der Waals surface area contributed by atoms with E-state index in [-0.39, 0.29) is 5.78 Å². The van der Waals surface area contributed by atoms with Crippen LogP contribution >= 0.6 is 0 Å². The summed E-state index contributed by atoms with van der Waals surface area (Å²) in [6.45, 7) is 0.619. The number of hydrogen-bond donors (Lipinski definition) is 1. The summed E-state index contributed by atoms with van der Waals surface area (Å²) in [4.78, 5) is 12.0. The molecule has 0 aliphatic carbocycles. The van der Waals surface area contributed by atoms with E-state index in [4.69, 9.17) is 5.73 Å². The van der Waals surface area contributed by atoms with Crippen LogP contribution in [0.1, 0.15) is 21.6 Å². The van der Waals surface area contributed by atoms with Crippen LogP contribution in [0.2, 0.25) is 0 Å². The van der Waals surface area contributed by atoms with Gasteiger partial charge in [-0.25, -0.2) is 0 Å². The van der Waals surface area contributed by atoms with Gasteiger partial charge in [0.25, 0.3) is 0 Å². The Morgan fingerprint density at radius 3 is 2.53 bits per heavy atom. The maximum absolute atomic E-state index is 12.0. The first kappa shape index (κ1) is 11.5. The van der Waals surface area contributed by atoms with Gasteiger partial charge >= 0.3 is 0 Å². The van der Waals surface area contributed by atoms with E-state index in [0.717, 1.165) is 12.0 Å². The summed E-state index contributed by atoms with van der Waals surface area (Å²) < 4.78 is 1.62. The molecule has 0 unspecified atom stereocenters. The van der Waals surface area contributed by atoms with Crippen molar-refractivity contribution in [2.45, 2.75) is 6.42 Å². The van der Waals surface area contributed by atoms with Crippen molar-refractivity contribution in [1.82, 2.24) is 9.78 Å². The van der Waals surface area contributed by atoms with Gasteiger partial charge in [0, 0.05) is 18.8 Å². The van der Waals surface area contributed by atoms with Crippen LogP contribution < -0.4 is 5.73 Å². The van der Waals surface area contributed by atoms with Crippen LogP contribution in [0.4, 0.5) is 0 Å². The predicted molar refractivity (Wildman–Crippen MR) is 65.8 cm³/mol. The molecule has 0 amide bonds. The van der Waals surface area contributed by atoms with Crippen LogP contribution in [0, 0.1) is 0 Å². The van der Waals surface area contributed by atoms with Crippen molar-refractivity contribution >= 4 is 5.78 Å². The molecule has 0 aliphatic heterocycles. The summed E-state index contributed by atoms with van der Waals surface area (Å²) in [6, 6.07) is 9.23. The lowest BCUT2D eigenvalue weighted by molar-refractivity contribution is 0.103. The number of hydrogen-bond acceptors (Lipinski definition) is 3. The molecule has 17 heavy (non-hydrogen) atoms. The number of carbonyl (C=O) groups excluding carboxylic acids is 1. The average Bonchev–Trinajstić information content (AvgIpc) is 2.76. The van der Waals surface area contributed by atoms with E-state index in [0.29, 0.717) is 17.8 Å². The summed E-state index contributed by atoms with van der Waals surface area (Å²) in [6.07, 6.45) is 2.59. The lowest BCUT2D eigenvalue weighted by Crippen LogP contribution is -2.05. The molecule has 2 N–H and O–H groups in total. The quantitative estimate of drug-likeness (QED) is 0.800. The van der Waals surface area contributed by atoms with Crippen LogP contribution in [0.25, 0.3) is 0 Å². The van der Waals surface area contributed by atoms with Gasteiger partial charge in [0.15, 0.2) is 0 Å². The number of ketones is 1. The molecular weight excluding hydrogens is 214 g/mol. The number of rotatable bonds is 4. The molecule has 0 spiro atoms. The molecule has 0 saturated carbocycles. The molecule has 1 aromatic carbocycles. The monoisotopic (exact) mass is 229 g/mol. The maximum Gasteiger partial charge on any atom is 0.213 e. The fraction of sp³-hybridized carbons (Fsp3) is 0.231. The number of aryl methyl sites for hydroxylation is 1. The van der Waals surface area contributed by atoms with E-state index < -0.39 is 0 Å². The molecule has 4 heteroatoms. The third-order valence-corrected chi connectivity index (χ3v) is 2.60. The molecule has 2 aromatic rings. The zero-order valence-corrected chi connectivity index (χ0v) is 9.76. The van der Waals surface area contributed by atoms with Gasteiger partial charge in [0.1, 0.15) is 5.69 Å². The number of benzene rings is 1. The summed E-state index contributed by atoms with van der Waals surface area (Å²) in [5, 5.41) is 4.09. The van der Waals surface area contributed by atoms with Crippen molar-refractivity contribution < 1.29 is 4.79 Å². The zero-order chi connectivity index (χ0) is 12.3. The highest BCUT2D eigenvalue weighted by Gasteiger charge is 2.11. The van der Waals surface area contributed by atoms with Crippen molar-refractivity contribution in [2.24, 2.45) is 12.8 Å². The fourth-order valence-electron chi connectivity index (χ4n) is 1.67. The Hall–Kier alpha value is -1.94. The number of carbonyl (C=O) groups is 1. The highest BCUT2D eigenvalue weighted by molar-refractivity contribution is 6.07. The van der Waals surface area contributed by atoms with E-state index in [1.807, 2.05) is 24.3 Å². The standard InChI is InChI=1S/C13H15N3O/c1-16-9-7-12(15-16)13(17)11-4-2-10(3-5-11)6-8-14/h2-5,7,9H,6,8,14H2,1H3. The summed E-state index contributed by atoms with van der Waals surface area (Å²) in [7, 11) is 1.79. The van der Waals surface area contributed by atoms with Crippen molar-refractivity contribution in [3.63, 3.8) is 0 Å². The first-order valence-electron chi connectivity index (χ1n) is 5.54. The first-order valence-corrected chi connectivity index (χ1v) is 5.54. The molecule has 88 valence electrons. The van der Waals surface area contributed by atoms with Gasteiger partial charge in [-0.3, -0.25) is 9.48 Å². The third kappa shape index (κ3) is 2.60. The lowest BCUT2D eigenvalue weighted by atomic mass is 10.0. The number of nitrogens with two attached hydrogens (primary N) is 1. The molecule has 0 saturated heterocycles. The van der Waals surface area contributed by atoms with Crippen molar-refractivity contribution in [2.75, 3.05) is 6.54 Å². The van der Waals surface area contributed by atoms with Gasteiger partial charge in [-0.15, -0.1) is 0 Å². The second-order valence-electron chi connectivity index (χ2n) is 3.94. The maximum atomic E-state index is 12.0. The molecule has 0 fully saturated rings. The van der Waals surface area contributed by atoms with Crippen LogP contribution in [-0.2, 0) is 13.5 Å². The normalized spacial score (nSPS) is 10.5. The zero-order valence-electron chi connectivity index (χ0n) is 9.76. The summed E-state index contributed by atoms with van der Waals surface area (Å²) >= 11 is 0. The molecule has 0 radical (unpaired) electrons. The highest BCUT2D eigenvalue weighted by atomic mass is 16.1.